The fourth-order valence-electron chi connectivity index (χ4n) is 5.29. The number of carbonyl (C=O) groups is 2. The van der Waals surface area contributed by atoms with Gasteiger partial charge >= 0.3 is 6.09 Å². The molecule has 0 radical (unpaired) electrons. The van der Waals surface area contributed by atoms with Crippen molar-refractivity contribution in [2.45, 2.75) is 65.5 Å². The molecule has 2 aliphatic heterocycles. The molecule has 1 saturated heterocycles. The maximum atomic E-state index is 13.9. The Morgan fingerprint density at radius 1 is 1.20 bits per heavy atom. The number of rotatable bonds is 5. The highest BCUT2D eigenvalue weighted by atomic mass is 32.2. The van der Waals surface area contributed by atoms with E-state index in [1.807, 2.05) is 26.8 Å². The number of pyridine rings is 2. The summed E-state index contributed by atoms with van der Waals surface area (Å²) in [5, 5.41) is 0. The minimum Gasteiger partial charge on any atom is -0.444 e. The number of anilines is 3. The van der Waals surface area contributed by atoms with Crippen LogP contribution in [0.15, 0.2) is 36.4 Å². The molecule has 4 rings (SSSR count). The second-order valence-electron chi connectivity index (χ2n) is 12.0. The van der Waals surface area contributed by atoms with E-state index in [4.69, 9.17) is 15.5 Å². The number of hydrogen-bond donors (Lipinski definition) is 2. The van der Waals surface area contributed by atoms with Crippen molar-refractivity contribution in [2.75, 3.05) is 34.6 Å². The van der Waals surface area contributed by atoms with Gasteiger partial charge in [-0.3, -0.25) is 9.35 Å². The zero-order valence-electron chi connectivity index (χ0n) is 23.9. The predicted molar refractivity (Wildman–Crippen MR) is 156 cm³/mol. The van der Waals surface area contributed by atoms with Gasteiger partial charge in [0, 0.05) is 18.6 Å². The summed E-state index contributed by atoms with van der Waals surface area (Å²) in [7, 11) is 0. The quantitative estimate of drug-likeness (QED) is 0.497. The highest BCUT2D eigenvalue weighted by Crippen LogP contribution is 2.39. The van der Waals surface area contributed by atoms with Crippen molar-refractivity contribution in [1.29, 1.82) is 0 Å². The van der Waals surface area contributed by atoms with Crippen LogP contribution in [0.25, 0.3) is 5.57 Å². The Bertz CT molecular complexity index is 1350. The van der Waals surface area contributed by atoms with Crippen LogP contribution < -0.4 is 14.9 Å². The Kier molecular flexibility index (Phi) is 8.23. The van der Waals surface area contributed by atoms with Crippen LogP contribution in [0, 0.1) is 5.92 Å². The van der Waals surface area contributed by atoms with Crippen LogP contribution >= 0.6 is 0 Å². The van der Waals surface area contributed by atoms with E-state index >= 15 is 0 Å². The third-order valence-corrected chi connectivity index (χ3v) is 7.54. The standard InChI is InChI=1S/C28H38N6O5S/c1-18-15-28(5,6)33(16-18)24-20(25(35)34(40(37)38)23-11-7-10-22(29)31-23)12-13-21(30-24)19-9-8-14-32(17-19)26(36)39-27(2,3)4/h7,9-13,18H,8,14-17H2,1-6H3,(H2,29,31)(H,37,38)/t18-/m0/s1. The van der Waals surface area contributed by atoms with Gasteiger partial charge in [-0.1, -0.05) is 19.1 Å². The molecule has 0 spiro atoms. The monoisotopic (exact) mass is 570 g/mol. The van der Waals surface area contributed by atoms with Gasteiger partial charge in [0.2, 0.25) is 0 Å². The Labute approximate surface area is 237 Å². The van der Waals surface area contributed by atoms with Crippen LogP contribution in [0.5, 0.6) is 0 Å². The van der Waals surface area contributed by atoms with Crippen molar-refractivity contribution in [2.24, 2.45) is 5.92 Å². The van der Waals surface area contributed by atoms with Gasteiger partial charge in [0.15, 0.2) is 5.82 Å². The predicted octanol–water partition coefficient (Wildman–Crippen LogP) is 4.49. The molecule has 2 atom stereocenters. The third-order valence-electron chi connectivity index (χ3n) is 6.87. The van der Waals surface area contributed by atoms with Crippen molar-refractivity contribution < 1.29 is 23.1 Å². The fourth-order valence-corrected chi connectivity index (χ4v) is 5.79. The van der Waals surface area contributed by atoms with E-state index < -0.39 is 28.9 Å². The van der Waals surface area contributed by atoms with E-state index in [9.17, 15) is 18.4 Å². The lowest BCUT2D eigenvalue weighted by Gasteiger charge is -2.35. The minimum atomic E-state index is -2.71. The van der Waals surface area contributed by atoms with Gasteiger partial charge in [0.1, 0.15) is 17.2 Å². The van der Waals surface area contributed by atoms with Crippen LogP contribution in [0.1, 0.15) is 70.4 Å². The van der Waals surface area contributed by atoms with Gasteiger partial charge in [0.05, 0.1) is 17.8 Å². The smallest absolute Gasteiger partial charge is 0.410 e. The van der Waals surface area contributed by atoms with Gasteiger partial charge in [0.25, 0.3) is 17.2 Å². The van der Waals surface area contributed by atoms with Gasteiger partial charge < -0.3 is 20.3 Å². The van der Waals surface area contributed by atoms with E-state index in [1.165, 1.54) is 12.1 Å². The summed E-state index contributed by atoms with van der Waals surface area (Å²) >= 11 is -2.71. The minimum absolute atomic E-state index is 0.0436. The molecular formula is C28H38N6O5S. The molecule has 11 nitrogen and oxygen atoms in total. The number of aromatic nitrogens is 2. The van der Waals surface area contributed by atoms with Crippen LogP contribution in [-0.2, 0) is 16.0 Å². The molecule has 12 heteroatoms. The molecule has 4 heterocycles. The average Bonchev–Trinajstić information content (AvgIpc) is 3.14. The lowest BCUT2D eigenvalue weighted by Crippen LogP contribution is -2.42. The summed E-state index contributed by atoms with van der Waals surface area (Å²) in [6.45, 7) is 13.3. The Balaban J connectivity index is 1.76. The van der Waals surface area contributed by atoms with E-state index in [1.54, 1.807) is 23.1 Å². The van der Waals surface area contributed by atoms with Crippen molar-refractivity contribution in [3.05, 3.63) is 47.7 Å². The van der Waals surface area contributed by atoms with E-state index in [2.05, 4.69) is 30.7 Å². The number of hydrogen-bond acceptors (Lipinski definition) is 8. The summed E-state index contributed by atoms with van der Waals surface area (Å²) in [6.07, 6.45) is 3.17. The molecule has 0 aliphatic carbocycles. The number of nitrogens with two attached hydrogens (primary N) is 1. The van der Waals surface area contributed by atoms with Gasteiger partial charge in [-0.25, -0.2) is 19.0 Å². The zero-order valence-corrected chi connectivity index (χ0v) is 24.7. The van der Waals surface area contributed by atoms with Crippen molar-refractivity contribution in [3.8, 4) is 0 Å². The molecule has 2 aromatic rings. The highest BCUT2D eigenvalue weighted by molar-refractivity contribution is 7.81. The van der Waals surface area contributed by atoms with Crippen molar-refractivity contribution in [1.82, 2.24) is 14.9 Å². The summed E-state index contributed by atoms with van der Waals surface area (Å²) in [5.74, 6) is 0.0992. The molecule has 40 heavy (non-hydrogen) atoms. The first-order chi connectivity index (χ1) is 18.7. The van der Waals surface area contributed by atoms with E-state index in [0.717, 1.165) is 12.0 Å². The fraction of sp³-hybridized carbons (Fsp3) is 0.500. The molecule has 2 aromatic heterocycles. The third kappa shape index (κ3) is 6.44. The van der Waals surface area contributed by atoms with Crippen LogP contribution in [0.3, 0.4) is 0 Å². The van der Waals surface area contributed by atoms with Crippen molar-refractivity contribution >= 4 is 46.3 Å². The summed E-state index contributed by atoms with van der Waals surface area (Å²) in [4.78, 5) is 39.4. The average molecular weight is 571 g/mol. The van der Waals surface area contributed by atoms with Gasteiger partial charge in [-0.2, -0.15) is 4.31 Å². The lowest BCUT2D eigenvalue weighted by molar-refractivity contribution is 0.0273. The largest absolute Gasteiger partial charge is 0.444 e. The molecule has 0 aromatic carbocycles. The molecule has 2 aliphatic rings. The molecule has 216 valence electrons. The molecule has 0 saturated carbocycles. The first-order valence-electron chi connectivity index (χ1n) is 13.3. The maximum Gasteiger partial charge on any atom is 0.410 e. The Morgan fingerprint density at radius 2 is 1.93 bits per heavy atom. The second kappa shape index (κ2) is 11.2. The SMILES string of the molecule is C[C@@H]1CN(c2nc(C3=CCCN(C(=O)OC(C)(C)C)C3)ccc2C(=O)N(c2cccc(N)n2)S(=O)O)C(C)(C)C1. The number of nitrogens with zero attached hydrogens (tertiary/aromatic N) is 5. The van der Waals surface area contributed by atoms with Crippen LogP contribution in [0.4, 0.5) is 22.2 Å². The van der Waals surface area contributed by atoms with Gasteiger partial charge in [-0.05, 0) is 83.2 Å². The van der Waals surface area contributed by atoms with Crippen molar-refractivity contribution in [3.63, 3.8) is 0 Å². The number of ether oxygens (including phenoxy) is 1. The Morgan fingerprint density at radius 3 is 2.52 bits per heavy atom. The molecule has 1 fully saturated rings. The highest BCUT2D eigenvalue weighted by Gasteiger charge is 2.40. The Hall–Kier alpha value is -3.51. The first kappa shape index (κ1) is 29.5. The maximum absolute atomic E-state index is 13.9. The first-order valence-corrected chi connectivity index (χ1v) is 14.4. The van der Waals surface area contributed by atoms with Gasteiger partial charge in [-0.15, -0.1) is 0 Å². The molecule has 2 amide bonds. The second-order valence-corrected chi connectivity index (χ2v) is 12.8. The summed E-state index contributed by atoms with van der Waals surface area (Å²) < 4.78 is 28.8. The molecule has 0 bridgehead atoms. The molecule has 3 N–H and O–H groups in total. The normalized spacial score (nSPS) is 19.7. The topological polar surface area (TPSA) is 142 Å². The summed E-state index contributed by atoms with van der Waals surface area (Å²) in [5.41, 5.74) is 6.48. The van der Waals surface area contributed by atoms with E-state index in [-0.39, 0.29) is 22.7 Å². The number of nitrogen functional groups attached to an aromatic ring is 1. The van der Waals surface area contributed by atoms with Crippen LogP contribution in [-0.4, -0.2) is 66.4 Å². The molecular weight excluding hydrogens is 532 g/mol. The van der Waals surface area contributed by atoms with Crippen LogP contribution in [0.2, 0.25) is 0 Å². The van der Waals surface area contributed by atoms with E-state index in [0.29, 0.717) is 47.8 Å². The summed E-state index contributed by atoms with van der Waals surface area (Å²) in [6, 6.07) is 7.87. The lowest BCUT2D eigenvalue weighted by atomic mass is 9.97. The molecule has 1 unspecified atom stereocenters. The number of amides is 2. The zero-order chi connectivity index (χ0) is 29.4. The number of carbonyl (C=O) groups excluding carboxylic acids is 2.